The van der Waals surface area contributed by atoms with Gasteiger partial charge in [0.05, 0.1) is 0 Å². The van der Waals surface area contributed by atoms with Crippen LogP contribution in [-0.4, -0.2) is 57.3 Å². The molecule has 0 atom stereocenters. The number of piperazine rings is 1. The summed E-state index contributed by atoms with van der Waals surface area (Å²) >= 11 is 0. The Hall–Kier alpha value is -1.40. The Bertz CT molecular complexity index is 492. The van der Waals surface area contributed by atoms with Gasteiger partial charge in [0, 0.05) is 44.9 Å². The van der Waals surface area contributed by atoms with Crippen molar-refractivity contribution in [2.45, 2.75) is 19.3 Å². The van der Waals surface area contributed by atoms with Gasteiger partial charge in [-0.15, -0.1) is 0 Å². The van der Waals surface area contributed by atoms with E-state index in [-0.39, 0.29) is 11.4 Å². The van der Waals surface area contributed by atoms with E-state index < -0.39 is 11.6 Å². The molecular formula is C17H25F2N3O. The number of hydrogen-bond acceptors (Lipinski definition) is 4. The van der Waals surface area contributed by atoms with Gasteiger partial charge in [0.1, 0.15) is 18.0 Å². The number of nitrogens with one attached hydrogen (secondary N) is 1. The minimum Gasteiger partial charge on any atom is -0.492 e. The van der Waals surface area contributed by atoms with Crippen LogP contribution in [0.1, 0.15) is 19.3 Å². The van der Waals surface area contributed by atoms with Crippen molar-refractivity contribution in [1.82, 2.24) is 10.2 Å². The zero-order valence-electron chi connectivity index (χ0n) is 13.5. The quantitative estimate of drug-likeness (QED) is 0.899. The number of benzene rings is 1. The van der Waals surface area contributed by atoms with E-state index in [1.165, 1.54) is 31.4 Å². The largest absolute Gasteiger partial charge is 0.492 e. The normalized spacial score (nSPS) is 19.8. The Morgan fingerprint density at radius 1 is 0.957 bits per heavy atom. The molecule has 6 heteroatoms. The molecule has 0 amide bonds. The highest BCUT2D eigenvalue weighted by Gasteiger charge is 2.20. The van der Waals surface area contributed by atoms with Crippen LogP contribution in [0, 0.1) is 11.6 Å². The van der Waals surface area contributed by atoms with E-state index in [1.807, 2.05) is 0 Å². The van der Waals surface area contributed by atoms with Crippen LogP contribution >= 0.6 is 0 Å². The Morgan fingerprint density at radius 3 is 2.26 bits per heavy atom. The number of piperidine rings is 1. The number of hydrogen-bond donors (Lipinski definition) is 1. The molecule has 2 fully saturated rings. The molecule has 0 unspecified atom stereocenters. The van der Waals surface area contributed by atoms with Gasteiger partial charge in [-0.25, -0.2) is 8.78 Å². The van der Waals surface area contributed by atoms with E-state index in [1.54, 1.807) is 4.90 Å². The maximum Gasteiger partial charge on any atom is 0.153 e. The standard InChI is InChI=1S/C17H25F2N3O/c18-15-12-14(23-11-10-21-6-2-1-3-7-21)13-16(19)17(15)22-8-4-20-5-9-22/h12-13,20H,1-11H2. The van der Waals surface area contributed by atoms with Crippen LogP contribution in [0.25, 0.3) is 0 Å². The maximum atomic E-state index is 14.3. The molecule has 0 bridgehead atoms. The highest BCUT2D eigenvalue weighted by Crippen LogP contribution is 2.28. The number of rotatable bonds is 5. The summed E-state index contributed by atoms with van der Waals surface area (Å²) in [5.74, 6) is -0.810. The second-order valence-electron chi connectivity index (χ2n) is 6.22. The Morgan fingerprint density at radius 2 is 1.61 bits per heavy atom. The number of nitrogens with zero attached hydrogens (tertiary/aromatic N) is 2. The van der Waals surface area contributed by atoms with Gasteiger partial charge < -0.3 is 15.0 Å². The first-order valence-electron chi connectivity index (χ1n) is 8.54. The SMILES string of the molecule is Fc1cc(OCCN2CCCCC2)cc(F)c1N1CCNCC1. The lowest BCUT2D eigenvalue weighted by Gasteiger charge is -2.30. The molecule has 2 heterocycles. The number of ether oxygens (including phenoxy) is 1. The first-order chi connectivity index (χ1) is 11.2. The molecule has 1 aromatic rings. The average Bonchev–Trinajstić information content (AvgIpc) is 2.56. The van der Waals surface area contributed by atoms with Crippen molar-refractivity contribution in [3.05, 3.63) is 23.8 Å². The fourth-order valence-electron chi connectivity index (χ4n) is 3.29. The van der Waals surface area contributed by atoms with Crippen LogP contribution in [-0.2, 0) is 0 Å². The van der Waals surface area contributed by atoms with Gasteiger partial charge in [0.15, 0.2) is 11.6 Å². The number of halogens is 2. The van der Waals surface area contributed by atoms with Gasteiger partial charge in [-0.05, 0) is 25.9 Å². The molecule has 1 aromatic carbocycles. The Kier molecular flexibility index (Phi) is 5.67. The molecule has 1 N–H and O–H groups in total. The second-order valence-corrected chi connectivity index (χ2v) is 6.22. The molecular weight excluding hydrogens is 300 g/mol. The molecule has 0 saturated carbocycles. The third-order valence-electron chi connectivity index (χ3n) is 4.55. The van der Waals surface area contributed by atoms with Crippen LogP contribution in [0.5, 0.6) is 5.75 Å². The fourth-order valence-corrected chi connectivity index (χ4v) is 3.29. The van der Waals surface area contributed by atoms with Crippen molar-refractivity contribution in [2.75, 3.05) is 57.3 Å². The van der Waals surface area contributed by atoms with Crippen molar-refractivity contribution in [3.8, 4) is 5.75 Å². The molecule has 0 aromatic heterocycles. The zero-order valence-corrected chi connectivity index (χ0v) is 13.5. The van der Waals surface area contributed by atoms with Crippen LogP contribution in [0.3, 0.4) is 0 Å². The molecule has 2 aliphatic heterocycles. The highest BCUT2D eigenvalue weighted by atomic mass is 19.1. The van der Waals surface area contributed by atoms with E-state index in [4.69, 9.17) is 4.74 Å². The van der Waals surface area contributed by atoms with E-state index >= 15 is 0 Å². The molecule has 0 radical (unpaired) electrons. The molecule has 128 valence electrons. The molecule has 0 spiro atoms. The lowest BCUT2D eigenvalue weighted by atomic mass is 10.1. The monoisotopic (exact) mass is 325 g/mol. The van der Waals surface area contributed by atoms with Gasteiger partial charge >= 0.3 is 0 Å². The van der Waals surface area contributed by atoms with E-state index in [0.29, 0.717) is 19.7 Å². The summed E-state index contributed by atoms with van der Waals surface area (Å²) in [6, 6.07) is 2.60. The summed E-state index contributed by atoms with van der Waals surface area (Å²) in [6.07, 6.45) is 3.74. The van der Waals surface area contributed by atoms with Crippen molar-refractivity contribution in [3.63, 3.8) is 0 Å². The Balaban J connectivity index is 1.57. The molecule has 2 saturated heterocycles. The van der Waals surface area contributed by atoms with Crippen LogP contribution < -0.4 is 15.0 Å². The van der Waals surface area contributed by atoms with Crippen molar-refractivity contribution in [1.29, 1.82) is 0 Å². The predicted molar refractivity (Wildman–Crippen MR) is 87.2 cm³/mol. The third-order valence-corrected chi connectivity index (χ3v) is 4.55. The van der Waals surface area contributed by atoms with Crippen molar-refractivity contribution >= 4 is 5.69 Å². The van der Waals surface area contributed by atoms with Gasteiger partial charge in [-0.2, -0.15) is 0 Å². The summed E-state index contributed by atoms with van der Waals surface area (Å²) in [5.41, 5.74) is 0.0647. The fraction of sp³-hybridized carbons (Fsp3) is 0.647. The second kappa shape index (κ2) is 7.93. The van der Waals surface area contributed by atoms with Gasteiger partial charge in [0.2, 0.25) is 0 Å². The van der Waals surface area contributed by atoms with Crippen molar-refractivity contribution in [2.24, 2.45) is 0 Å². The van der Waals surface area contributed by atoms with Crippen LogP contribution in [0.4, 0.5) is 14.5 Å². The molecule has 0 aliphatic carbocycles. The summed E-state index contributed by atoms with van der Waals surface area (Å²) in [6.45, 7) is 6.17. The molecule has 23 heavy (non-hydrogen) atoms. The van der Waals surface area contributed by atoms with E-state index in [2.05, 4.69) is 10.2 Å². The van der Waals surface area contributed by atoms with Gasteiger partial charge in [-0.1, -0.05) is 6.42 Å². The lowest BCUT2D eigenvalue weighted by Crippen LogP contribution is -2.44. The van der Waals surface area contributed by atoms with Gasteiger partial charge in [-0.3, -0.25) is 4.90 Å². The van der Waals surface area contributed by atoms with Gasteiger partial charge in [0.25, 0.3) is 0 Å². The number of likely N-dealkylation sites (tertiary alicyclic amines) is 1. The first kappa shape index (κ1) is 16.5. The minimum absolute atomic E-state index is 0.0647. The van der Waals surface area contributed by atoms with Crippen LogP contribution in [0.15, 0.2) is 12.1 Å². The zero-order chi connectivity index (χ0) is 16.1. The minimum atomic E-state index is -0.542. The number of anilines is 1. The van der Waals surface area contributed by atoms with Crippen molar-refractivity contribution < 1.29 is 13.5 Å². The molecule has 3 rings (SSSR count). The third kappa shape index (κ3) is 4.32. The Labute approximate surface area is 136 Å². The summed E-state index contributed by atoms with van der Waals surface area (Å²) in [5, 5.41) is 3.18. The predicted octanol–water partition coefficient (Wildman–Crippen LogP) is 2.24. The van der Waals surface area contributed by atoms with E-state index in [9.17, 15) is 8.78 Å². The van der Waals surface area contributed by atoms with E-state index in [0.717, 1.165) is 32.7 Å². The summed E-state index contributed by atoms with van der Waals surface area (Å²) in [4.78, 5) is 4.09. The molecule has 4 nitrogen and oxygen atoms in total. The first-order valence-corrected chi connectivity index (χ1v) is 8.54. The summed E-state index contributed by atoms with van der Waals surface area (Å²) in [7, 11) is 0. The highest BCUT2D eigenvalue weighted by molar-refractivity contribution is 5.52. The maximum absolute atomic E-state index is 14.3. The molecule has 2 aliphatic rings. The topological polar surface area (TPSA) is 27.7 Å². The average molecular weight is 325 g/mol. The summed E-state index contributed by atoms with van der Waals surface area (Å²) < 4.78 is 34.1. The smallest absolute Gasteiger partial charge is 0.153 e. The van der Waals surface area contributed by atoms with Crippen LogP contribution in [0.2, 0.25) is 0 Å². The lowest BCUT2D eigenvalue weighted by molar-refractivity contribution is 0.183.